The summed E-state index contributed by atoms with van der Waals surface area (Å²) in [5, 5.41) is 11.6. The van der Waals surface area contributed by atoms with E-state index in [0.717, 1.165) is 34.9 Å². The first-order valence-electron chi connectivity index (χ1n) is 8.02. The second-order valence-electron chi connectivity index (χ2n) is 6.24. The molecule has 29 heavy (non-hydrogen) atoms. The Balaban J connectivity index is 2.92. The lowest BCUT2D eigenvalue weighted by Gasteiger charge is -2.25. The number of halogens is 6. The summed E-state index contributed by atoms with van der Waals surface area (Å²) in [7, 11) is 0. The number of alkyl halides is 6. The smallest absolute Gasteiger partial charge is 0.223 e. The zero-order valence-corrected chi connectivity index (χ0v) is 22.5. The summed E-state index contributed by atoms with van der Waals surface area (Å²) in [6, 6.07) is 0. The van der Waals surface area contributed by atoms with Gasteiger partial charge in [0.1, 0.15) is 10.7 Å². The summed E-state index contributed by atoms with van der Waals surface area (Å²) in [4.78, 5) is 24.0. The molecule has 0 bridgehead atoms. The summed E-state index contributed by atoms with van der Waals surface area (Å²) in [5.41, 5.74) is 0. The highest BCUT2D eigenvalue weighted by atomic mass is 35.6. The molecule has 0 aliphatic rings. The van der Waals surface area contributed by atoms with E-state index in [2.05, 4.69) is 20.8 Å². The van der Waals surface area contributed by atoms with Gasteiger partial charge in [-0.1, -0.05) is 132 Å². The van der Waals surface area contributed by atoms with Gasteiger partial charge in [-0.05, 0) is 0 Å². The molecule has 0 aliphatic heterocycles. The van der Waals surface area contributed by atoms with Crippen LogP contribution in [0.2, 0.25) is 0 Å². The van der Waals surface area contributed by atoms with Gasteiger partial charge in [0.25, 0.3) is 0 Å². The van der Waals surface area contributed by atoms with Gasteiger partial charge in [0.15, 0.2) is 8.68 Å². The van der Waals surface area contributed by atoms with Gasteiger partial charge in [-0.25, -0.2) is 0 Å². The van der Waals surface area contributed by atoms with Crippen molar-refractivity contribution < 1.29 is 9.59 Å². The van der Waals surface area contributed by atoms with Crippen LogP contribution in [0.1, 0.15) is 27.7 Å². The second kappa shape index (κ2) is 11.7. The van der Waals surface area contributed by atoms with Crippen molar-refractivity contribution in [2.24, 2.45) is 11.8 Å². The third-order valence-electron chi connectivity index (χ3n) is 3.02. The number of hydrogen-bond donors (Lipinski definition) is 2. The van der Waals surface area contributed by atoms with Gasteiger partial charge in [0.05, 0.1) is 0 Å². The molecule has 15 heteroatoms. The van der Waals surface area contributed by atoms with Gasteiger partial charge >= 0.3 is 0 Å². The van der Waals surface area contributed by atoms with E-state index in [9.17, 15) is 9.59 Å². The van der Waals surface area contributed by atoms with E-state index in [1.807, 2.05) is 0 Å². The van der Waals surface area contributed by atoms with Gasteiger partial charge in [-0.3, -0.25) is 9.59 Å². The number of hydrogen-bond acceptors (Lipinski definition) is 7. The Morgan fingerprint density at radius 3 is 1.34 bits per heavy atom. The summed E-state index contributed by atoms with van der Waals surface area (Å²) in [6.07, 6.45) is 0. The monoisotopic (exact) mass is 580 g/mol. The maximum Gasteiger partial charge on any atom is 0.223 e. The van der Waals surface area contributed by atoms with Crippen molar-refractivity contribution in [1.29, 1.82) is 0 Å². The fourth-order valence-electron chi connectivity index (χ4n) is 1.44. The van der Waals surface area contributed by atoms with Crippen LogP contribution in [0.15, 0.2) is 8.68 Å². The summed E-state index contributed by atoms with van der Waals surface area (Å²) >= 11 is 39.1. The van der Waals surface area contributed by atoms with Crippen LogP contribution in [0, 0.1) is 11.8 Å². The number of carbonyl (C=O) groups is 2. The van der Waals surface area contributed by atoms with Gasteiger partial charge in [0, 0.05) is 11.8 Å². The quantitative estimate of drug-likeness (QED) is 0.234. The van der Waals surface area contributed by atoms with Crippen LogP contribution < -0.4 is 10.6 Å². The molecule has 0 saturated heterocycles. The predicted molar refractivity (Wildman–Crippen MR) is 126 cm³/mol. The zero-order valence-electron chi connectivity index (χ0n) is 15.5. The number of aromatic nitrogens is 2. The highest BCUT2D eigenvalue weighted by molar-refractivity contribution is 8.04. The van der Waals surface area contributed by atoms with E-state index in [1.54, 1.807) is 27.7 Å². The molecular formula is C14H18Cl6N4O2S3. The van der Waals surface area contributed by atoms with Crippen LogP contribution in [0.4, 0.5) is 0 Å². The third-order valence-corrected chi connectivity index (χ3v) is 8.67. The lowest BCUT2D eigenvalue weighted by Crippen LogP contribution is -2.43. The minimum Gasteiger partial charge on any atom is -0.340 e. The first-order valence-corrected chi connectivity index (χ1v) is 12.9. The zero-order chi connectivity index (χ0) is 22.6. The molecule has 166 valence electrons. The predicted octanol–water partition coefficient (Wildman–Crippen LogP) is 5.66. The highest BCUT2D eigenvalue weighted by Crippen LogP contribution is 2.44. The lowest BCUT2D eigenvalue weighted by atomic mass is 10.2. The number of nitrogens with one attached hydrogen (secondary N) is 2. The van der Waals surface area contributed by atoms with E-state index in [-0.39, 0.29) is 23.7 Å². The Morgan fingerprint density at radius 2 is 1.10 bits per heavy atom. The summed E-state index contributed by atoms with van der Waals surface area (Å²) in [5.74, 6) is -1.14. The molecule has 2 amide bonds. The SMILES string of the molecule is CC(C)C(=O)N[C@@H](Sc1nnc(S[C@H](NC(=O)C(C)C)C(Cl)(Cl)Cl)s1)C(Cl)(Cl)Cl. The summed E-state index contributed by atoms with van der Waals surface area (Å²) in [6.45, 7) is 6.88. The van der Waals surface area contributed by atoms with Crippen molar-refractivity contribution in [3.8, 4) is 0 Å². The average Bonchev–Trinajstić information content (AvgIpc) is 2.98. The number of nitrogens with zero attached hydrogens (tertiary/aromatic N) is 2. The van der Waals surface area contributed by atoms with Crippen molar-refractivity contribution in [3.63, 3.8) is 0 Å². The Morgan fingerprint density at radius 1 is 0.793 bits per heavy atom. The van der Waals surface area contributed by atoms with Gasteiger partial charge in [-0.15, -0.1) is 10.2 Å². The van der Waals surface area contributed by atoms with Gasteiger partial charge < -0.3 is 10.6 Å². The van der Waals surface area contributed by atoms with Crippen molar-refractivity contribution in [2.75, 3.05) is 0 Å². The van der Waals surface area contributed by atoms with E-state index >= 15 is 0 Å². The number of carbonyl (C=O) groups excluding carboxylic acids is 2. The van der Waals surface area contributed by atoms with Crippen LogP contribution in [0.5, 0.6) is 0 Å². The van der Waals surface area contributed by atoms with Crippen LogP contribution in [-0.4, -0.2) is 40.3 Å². The minimum absolute atomic E-state index is 0.277. The Bertz CT molecular complexity index is 652. The Labute approximate surface area is 211 Å². The van der Waals surface area contributed by atoms with E-state index in [0.29, 0.717) is 8.68 Å². The van der Waals surface area contributed by atoms with E-state index in [1.165, 1.54) is 0 Å². The number of amides is 2. The largest absolute Gasteiger partial charge is 0.340 e. The molecule has 1 aromatic heterocycles. The molecule has 1 aromatic rings. The summed E-state index contributed by atoms with van der Waals surface area (Å²) < 4.78 is -2.71. The number of rotatable bonds is 8. The van der Waals surface area contributed by atoms with Crippen molar-refractivity contribution >= 4 is 116 Å². The third kappa shape index (κ3) is 9.95. The molecule has 0 spiro atoms. The maximum atomic E-state index is 12.0. The van der Waals surface area contributed by atoms with Crippen molar-refractivity contribution in [1.82, 2.24) is 20.8 Å². The van der Waals surface area contributed by atoms with Crippen LogP contribution >= 0.6 is 104 Å². The van der Waals surface area contributed by atoms with Gasteiger partial charge in [0.2, 0.25) is 19.4 Å². The molecule has 0 unspecified atom stereocenters. The highest BCUT2D eigenvalue weighted by Gasteiger charge is 2.38. The maximum absolute atomic E-state index is 12.0. The molecule has 1 rings (SSSR count). The fraction of sp³-hybridized carbons (Fsp3) is 0.714. The van der Waals surface area contributed by atoms with Crippen molar-refractivity contribution in [3.05, 3.63) is 0 Å². The van der Waals surface area contributed by atoms with Gasteiger partial charge in [-0.2, -0.15) is 0 Å². The first-order chi connectivity index (χ1) is 13.1. The Kier molecular flexibility index (Phi) is 11.3. The van der Waals surface area contributed by atoms with E-state index < -0.39 is 18.3 Å². The van der Waals surface area contributed by atoms with Crippen molar-refractivity contribution in [2.45, 2.75) is 54.7 Å². The fourth-order valence-corrected chi connectivity index (χ4v) is 5.67. The molecule has 2 N–H and O–H groups in total. The minimum atomic E-state index is -1.78. The molecule has 2 atom stereocenters. The second-order valence-corrected chi connectivity index (χ2v) is 14.7. The molecule has 6 nitrogen and oxygen atoms in total. The van der Waals surface area contributed by atoms with Crippen LogP contribution in [0.25, 0.3) is 0 Å². The molecule has 0 aliphatic carbocycles. The Hall–Kier alpha value is 0.940. The molecule has 0 saturated carbocycles. The van der Waals surface area contributed by atoms with E-state index in [4.69, 9.17) is 69.6 Å². The molecule has 1 heterocycles. The normalized spacial score (nSPS) is 14.8. The first kappa shape index (κ1) is 28.0. The number of thioether (sulfide) groups is 2. The van der Waals surface area contributed by atoms with Crippen LogP contribution in [-0.2, 0) is 9.59 Å². The lowest BCUT2D eigenvalue weighted by molar-refractivity contribution is -0.124. The molecule has 0 fully saturated rings. The topological polar surface area (TPSA) is 84.0 Å². The molecule has 0 aromatic carbocycles. The average molecular weight is 583 g/mol. The van der Waals surface area contributed by atoms with Crippen LogP contribution in [0.3, 0.4) is 0 Å². The molecule has 0 radical (unpaired) electrons. The standard InChI is InChI=1S/C14H18Cl6N4O2S3/c1-5(2)7(25)21-9(13(15,16)17)27-11-23-24-12(29-11)28-10(14(18,19)20)22-8(26)6(3)4/h5-6,9-10H,1-4H3,(H,21,25)(H,22,26)/t9-,10-/m0/s1. The molecular weight excluding hydrogens is 565 g/mol.